The Morgan fingerprint density at radius 3 is 2.05 bits per heavy atom. The number of hydrogen-bond donors (Lipinski definition) is 1. The molecule has 0 bridgehead atoms. The van der Waals surface area contributed by atoms with Gasteiger partial charge in [0, 0.05) is 0 Å². The van der Waals surface area contributed by atoms with E-state index in [0.29, 0.717) is 12.2 Å². The summed E-state index contributed by atoms with van der Waals surface area (Å²) in [5, 5.41) is 8.79. The van der Waals surface area contributed by atoms with Crippen LogP contribution in [0.2, 0.25) is 0 Å². The number of hydrogen-bond acceptors (Lipinski definition) is 2. The molecule has 0 aliphatic rings. The minimum atomic E-state index is -0.903. The molecule has 0 saturated carbocycles. The van der Waals surface area contributed by atoms with Crippen LogP contribution in [0.4, 0.5) is 0 Å². The van der Waals surface area contributed by atoms with E-state index in [-0.39, 0.29) is 0 Å². The van der Waals surface area contributed by atoms with Crippen molar-refractivity contribution in [2.45, 2.75) is 58.3 Å². The maximum absolute atomic E-state index is 10.7. The van der Waals surface area contributed by atoms with Crippen LogP contribution in [0.3, 0.4) is 0 Å². The SMILES string of the molecule is CCCCCCCCCCOc1ccc(C(=O)O)cc1. The van der Waals surface area contributed by atoms with Gasteiger partial charge in [0.25, 0.3) is 0 Å². The largest absolute Gasteiger partial charge is 0.494 e. The van der Waals surface area contributed by atoms with Gasteiger partial charge in [-0.2, -0.15) is 0 Å². The van der Waals surface area contributed by atoms with Crippen LogP contribution in [-0.2, 0) is 0 Å². The van der Waals surface area contributed by atoms with Gasteiger partial charge in [-0.05, 0) is 30.7 Å². The average Bonchev–Trinajstić information content (AvgIpc) is 2.46. The molecule has 0 amide bonds. The van der Waals surface area contributed by atoms with Crippen LogP contribution >= 0.6 is 0 Å². The van der Waals surface area contributed by atoms with Crippen LogP contribution in [0.1, 0.15) is 68.6 Å². The monoisotopic (exact) mass is 278 g/mol. The first-order valence-corrected chi connectivity index (χ1v) is 7.70. The molecule has 3 nitrogen and oxygen atoms in total. The summed E-state index contributed by atoms with van der Waals surface area (Å²) >= 11 is 0. The lowest BCUT2D eigenvalue weighted by Crippen LogP contribution is -1.99. The lowest BCUT2D eigenvalue weighted by Gasteiger charge is -2.06. The first-order valence-electron chi connectivity index (χ1n) is 7.70. The molecule has 1 aromatic rings. The van der Waals surface area contributed by atoms with Crippen molar-refractivity contribution in [2.24, 2.45) is 0 Å². The Morgan fingerprint density at radius 1 is 0.950 bits per heavy atom. The third-order valence-corrected chi connectivity index (χ3v) is 3.37. The van der Waals surface area contributed by atoms with E-state index in [4.69, 9.17) is 9.84 Å². The molecule has 1 aromatic carbocycles. The Bertz CT molecular complexity index is 370. The molecule has 0 aromatic heterocycles. The van der Waals surface area contributed by atoms with E-state index < -0.39 is 5.97 Å². The predicted molar refractivity (Wildman–Crippen MR) is 81.5 cm³/mol. The summed E-state index contributed by atoms with van der Waals surface area (Å²) in [6, 6.07) is 6.58. The van der Waals surface area contributed by atoms with Gasteiger partial charge in [-0.3, -0.25) is 0 Å². The summed E-state index contributed by atoms with van der Waals surface area (Å²) in [7, 11) is 0. The van der Waals surface area contributed by atoms with Gasteiger partial charge in [-0.1, -0.05) is 51.9 Å². The number of aromatic carboxylic acids is 1. The summed E-state index contributed by atoms with van der Waals surface area (Å²) in [6.45, 7) is 2.95. The van der Waals surface area contributed by atoms with Crippen LogP contribution in [0.15, 0.2) is 24.3 Å². The van der Waals surface area contributed by atoms with Gasteiger partial charge in [0.2, 0.25) is 0 Å². The molecule has 0 aliphatic carbocycles. The standard InChI is InChI=1S/C17H26O3/c1-2-3-4-5-6-7-8-9-14-20-16-12-10-15(11-13-16)17(18)19/h10-13H,2-9,14H2,1H3,(H,18,19). The van der Waals surface area contributed by atoms with Crippen molar-refractivity contribution >= 4 is 5.97 Å². The molecule has 0 fully saturated rings. The third kappa shape index (κ3) is 7.17. The summed E-state index contributed by atoms with van der Waals surface area (Å²) in [5.41, 5.74) is 0.296. The molecule has 112 valence electrons. The molecule has 0 spiro atoms. The number of carbonyl (C=O) groups is 1. The molecule has 0 unspecified atom stereocenters. The first-order chi connectivity index (χ1) is 9.74. The average molecular weight is 278 g/mol. The van der Waals surface area contributed by atoms with Crippen LogP contribution in [0, 0.1) is 0 Å². The van der Waals surface area contributed by atoms with Crippen molar-refractivity contribution in [3.05, 3.63) is 29.8 Å². The zero-order chi connectivity index (χ0) is 14.6. The Labute approximate surface area is 122 Å². The lowest BCUT2D eigenvalue weighted by atomic mass is 10.1. The van der Waals surface area contributed by atoms with E-state index in [0.717, 1.165) is 12.2 Å². The summed E-state index contributed by atoms with van der Waals surface area (Å²) < 4.78 is 5.59. The van der Waals surface area contributed by atoms with Crippen molar-refractivity contribution in [3.8, 4) is 5.75 Å². The number of benzene rings is 1. The Hall–Kier alpha value is -1.51. The highest BCUT2D eigenvalue weighted by molar-refractivity contribution is 5.87. The van der Waals surface area contributed by atoms with E-state index in [1.807, 2.05) is 0 Å². The second-order valence-electron chi connectivity index (χ2n) is 5.15. The molecule has 1 rings (SSSR count). The van der Waals surface area contributed by atoms with Crippen molar-refractivity contribution in [1.82, 2.24) is 0 Å². The fourth-order valence-electron chi connectivity index (χ4n) is 2.12. The van der Waals surface area contributed by atoms with Gasteiger partial charge < -0.3 is 9.84 Å². The smallest absolute Gasteiger partial charge is 0.335 e. The molecule has 20 heavy (non-hydrogen) atoms. The highest BCUT2D eigenvalue weighted by atomic mass is 16.5. The number of carboxylic acid groups (broad SMARTS) is 1. The Morgan fingerprint density at radius 2 is 1.50 bits per heavy atom. The minimum Gasteiger partial charge on any atom is -0.494 e. The van der Waals surface area contributed by atoms with E-state index in [1.54, 1.807) is 24.3 Å². The fraction of sp³-hybridized carbons (Fsp3) is 0.588. The maximum Gasteiger partial charge on any atom is 0.335 e. The third-order valence-electron chi connectivity index (χ3n) is 3.37. The Kier molecular flexibility index (Phi) is 8.52. The van der Waals surface area contributed by atoms with Gasteiger partial charge in [-0.15, -0.1) is 0 Å². The van der Waals surface area contributed by atoms with Gasteiger partial charge in [0.05, 0.1) is 12.2 Å². The summed E-state index contributed by atoms with van der Waals surface area (Å²) in [4.78, 5) is 10.7. The molecular weight excluding hydrogens is 252 g/mol. The van der Waals surface area contributed by atoms with E-state index in [1.165, 1.54) is 44.9 Å². The van der Waals surface area contributed by atoms with Gasteiger partial charge in [-0.25, -0.2) is 4.79 Å². The molecule has 1 N–H and O–H groups in total. The summed E-state index contributed by atoms with van der Waals surface area (Å²) in [6.07, 6.45) is 10.3. The van der Waals surface area contributed by atoms with E-state index >= 15 is 0 Å². The van der Waals surface area contributed by atoms with Crippen molar-refractivity contribution in [3.63, 3.8) is 0 Å². The van der Waals surface area contributed by atoms with Gasteiger partial charge in [0.1, 0.15) is 5.75 Å². The van der Waals surface area contributed by atoms with Crippen molar-refractivity contribution in [2.75, 3.05) is 6.61 Å². The predicted octanol–water partition coefficient (Wildman–Crippen LogP) is 4.90. The normalized spacial score (nSPS) is 10.4. The van der Waals surface area contributed by atoms with E-state index in [2.05, 4.69) is 6.92 Å². The molecule has 3 heteroatoms. The molecule has 0 aliphatic heterocycles. The number of carboxylic acids is 1. The quantitative estimate of drug-likeness (QED) is 0.585. The van der Waals surface area contributed by atoms with Gasteiger partial charge >= 0.3 is 5.97 Å². The van der Waals surface area contributed by atoms with Gasteiger partial charge in [0.15, 0.2) is 0 Å². The number of rotatable bonds is 11. The molecule has 0 radical (unpaired) electrons. The van der Waals surface area contributed by atoms with E-state index in [9.17, 15) is 4.79 Å². The van der Waals surface area contributed by atoms with Crippen molar-refractivity contribution < 1.29 is 14.6 Å². The van der Waals surface area contributed by atoms with Crippen LogP contribution in [0.25, 0.3) is 0 Å². The maximum atomic E-state index is 10.7. The highest BCUT2D eigenvalue weighted by Gasteiger charge is 2.01. The first kappa shape index (κ1) is 16.5. The highest BCUT2D eigenvalue weighted by Crippen LogP contribution is 2.13. The minimum absolute atomic E-state index is 0.296. The van der Waals surface area contributed by atoms with Crippen LogP contribution < -0.4 is 4.74 Å². The number of ether oxygens (including phenoxy) is 1. The van der Waals surface area contributed by atoms with Crippen molar-refractivity contribution in [1.29, 1.82) is 0 Å². The van der Waals surface area contributed by atoms with Crippen LogP contribution in [0.5, 0.6) is 5.75 Å². The molecule has 0 atom stereocenters. The zero-order valence-corrected chi connectivity index (χ0v) is 12.4. The topological polar surface area (TPSA) is 46.5 Å². The molecular formula is C17H26O3. The Balaban J connectivity index is 2.02. The summed E-state index contributed by atoms with van der Waals surface area (Å²) in [5.74, 6) is -0.155. The van der Waals surface area contributed by atoms with Crippen LogP contribution in [-0.4, -0.2) is 17.7 Å². The second kappa shape index (κ2) is 10.3. The number of unbranched alkanes of at least 4 members (excludes halogenated alkanes) is 7. The second-order valence-corrected chi connectivity index (χ2v) is 5.15. The zero-order valence-electron chi connectivity index (χ0n) is 12.4. The lowest BCUT2D eigenvalue weighted by molar-refractivity contribution is 0.0697. The molecule has 0 heterocycles. The fourth-order valence-corrected chi connectivity index (χ4v) is 2.12. The molecule has 0 saturated heterocycles.